The van der Waals surface area contributed by atoms with Crippen molar-refractivity contribution in [3.05, 3.63) is 274 Å². The second-order valence-corrected chi connectivity index (χ2v) is 14.0. The molecule has 4 heteroatoms. The fourth-order valence-corrected chi connectivity index (χ4v) is 6.67. The Balaban J connectivity index is 0.888. The number of nitrogens with zero attached hydrogens (tertiary/aromatic N) is 2. The highest BCUT2D eigenvalue weighted by Crippen LogP contribution is 2.34. The summed E-state index contributed by atoms with van der Waals surface area (Å²) in [4.78, 5) is 8.75. The molecule has 0 unspecified atom stereocenters. The van der Waals surface area contributed by atoms with E-state index in [0.29, 0.717) is 11.4 Å². The van der Waals surface area contributed by atoms with Gasteiger partial charge in [-0.05, 0) is 94.8 Å². The third-order valence-corrected chi connectivity index (χ3v) is 9.69. The van der Waals surface area contributed by atoms with Gasteiger partial charge >= 0.3 is 0 Å². The Morgan fingerprint density at radius 1 is 0.350 bits per heavy atom. The zero-order valence-corrected chi connectivity index (χ0v) is 32.5. The topological polar surface area (TPSA) is 44.2 Å². The molecule has 0 fully saturated rings. The van der Waals surface area contributed by atoms with E-state index in [1.807, 2.05) is 103 Å². The van der Waals surface area contributed by atoms with E-state index >= 15 is 0 Å². The van der Waals surface area contributed by atoms with E-state index in [1.54, 1.807) is 0 Å². The summed E-state index contributed by atoms with van der Waals surface area (Å²) in [5, 5.41) is 0. The Kier molecular flexibility index (Phi) is 11.0. The van der Waals surface area contributed by atoms with Crippen molar-refractivity contribution in [2.75, 3.05) is 0 Å². The van der Waals surface area contributed by atoms with Gasteiger partial charge in [-0.2, -0.15) is 0 Å². The fourth-order valence-electron chi connectivity index (χ4n) is 6.67. The van der Waals surface area contributed by atoms with Gasteiger partial charge in [0.15, 0.2) is 0 Å². The first-order valence-corrected chi connectivity index (χ1v) is 19.6. The maximum absolute atomic E-state index is 6.36. The predicted octanol–water partition coefficient (Wildman–Crippen LogP) is 12.3. The lowest BCUT2D eigenvalue weighted by molar-refractivity contribution is 0.466. The minimum Gasteiger partial charge on any atom is -0.456 e. The molecule has 0 spiro atoms. The molecule has 0 atom stereocenters. The molecule has 0 amide bonds. The van der Waals surface area contributed by atoms with Crippen molar-refractivity contribution >= 4 is 35.2 Å². The van der Waals surface area contributed by atoms with Gasteiger partial charge < -0.3 is 9.47 Å². The molecule has 0 N–H and O–H groups in total. The van der Waals surface area contributed by atoms with Crippen molar-refractivity contribution in [1.29, 1.82) is 0 Å². The van der Waals surface area contributed by atoms with Crippen LogP contribution >= 0.6 is 0 Å². The van der Waals surface area contributed by atoms with Gasteiger partial charge in [0.2, 0.25) is 0 Å². The van der Waals surface area contributed by atoms with E-state index in [2.05, 4.69) is 143 Å². The van der Waals surface area contributed by atoms with Crippen LogP contribution in [0.2, 0.25) is 0 Å². The number of aromatic nitrogens is 2. The molecule has 1 aromatic heterocycles. The minimum absolute atomic E-state index is 0.601. The number of hydrogen-bond acceptors (Lipinski definition) is 4. The molecule has 6 aromatic carbocycles. The summed E-state index contributed by atoms with van der Waals surface area (Å²) < 4.78 is 12.7. The Hall–Kier alpha value is -8.44. The van der Waals surface area contributed by atoms with Crippen LogP contribution in [0.4, 0.5) is 0 Å². The summed E-state index contributed by atoms with van der Waals surface area (Å²) in [6.07, 6.45) is 14.1. The van der Waals surface area contributed by atoms with Crippen molar-refractivity contribution in [3.63, 3.8) is 0 Å². The summed E-state index contributed by atoms with van der Waals surface area (Å²) in [7, 11) is 0. The van der Waals surface area contributed by atoms with Crippen molar-refractivity contribution in [1.82, 2.24) is 9.97 Å². The van der Waals surface area contributed by atoms with Crippen LogP contribution in [0.1, 0.15) is 55.9 Å². The Morgan fingerprint density at radius 3 is 0.983 bits per heavy atom. The molecule has 3 heterocycles. The average Bonchev–Trinajstić information content (AvgIpc) is 3.32. The third kappa shape index (κ3) is 9.39. The van der Waals surface area contributed by atoms with Crippen molar-refractivity contribution in [2.24, 2.45) is 0 Å². The molecule has 2 aliphatic rings. The van der Waals surface area contributed by atoms with Crippen molar-refractivity contribution in [3.8, 4) is 23.7 Å². The normalized spacial score (nSPS) is 13.0. The molecule has 0 aliphatic carbocycles. The highest BCUT2D eigenvalue weighted by Gasteiger charge is 2.16. The van der Waals surface area contributed by atoms with Gasteiger partial charge in [0.1, 0.15) is 40.8 Å². The fraction of sp³-hybridized carbons (Fsp3) is 0. The SMILES string of the molecule is C(#Cc1cc(C#Cc2ccc(C=C3C=C(c4ccccc4)OC(c4ccccc4)=C3)cc2)ncn1)c1ccc(C=C2C=C(c3ccccc3)OC(c3ccccc3)=C2)cc1. The number of allylic oxidation sites excluding steroid dienone is 6. The molecule has 2 aliphatic heterocycles. The number of rotatable bonds is 6. The second-order valence-electron chi connectivity index (χ2n) is 14.0. The zero-order valence-electron chi connectivity index (χ0n) is 32.5. The number of ether oxygens (including phenoxy) is 2. The van der Waals surface area contributed by atoms with Crippen LogP contribution in [-0.2, 0) is 9.47 Å². The lowest BCUT2D eigenvalue weighted by Gasteiger charge is -2.19. The first-order valence-electron chi connectivity index (χ1n) is 19.6. The molecule has 60 heavy (non-hydrogen) atoms. The molecule has 9 rings (SSSR count). The monoisotopic (exact) mass is 768 g/mol. The summed E-state index contributed by atoms with van der Waals surface area (Å²) in [6.45, 7) is 0. The van der Waals surface area contributed by atoms with E-state index in [4.69, 9.17) is 9.47 Å². The molecule has 0 radical (unpaired) electrons. The highest BCUT2D eigenvalue weighted by molar-refractivity contribution is 5.82. The first-order chi connectivity index (χ1) is 29.7. The van der Waals surface area contributed by atoms with Gasteiger partial charge in [0.05, 0.1) is 0 Å². The van der Waals surface area contributed by atoms with Gasteiger partial charge in [-0.3, -0.25) is 0 Å². The highest BCUT2D eigenvalue weighted by atomic mass is 16.5. The molecular formula is C56H36N2O2. The van der Waals surface area contributed by atoms with Crippen LogP contribution in [0.15, 0.2) is 218 Å². The molecular weight excluding hydrogens is 733 g/mol. The van der Waals surface area contributed by atoms with Crippen LogP contribution in [0, 0.1) is 23.7 Å². The molecule has 282 valence electrons. The van der Waals surface area contributed by atoms with Crippen molar-refractivity contribution in [2.45, 2.75) is 0 Å². The lowest BCUT2D eigenvalue weighted by Crippen LogP contribution is -1.99. The molecule has 0 bridgehead atoms. The standard InChI is InChI=1S/C56H36N2O2/c1-5-13-47(14-6-1)53-35-45(36-54(59-53)48-15-7-2-8-16-48)33-43-25-21-41(22-26-43)29-31-51-39-52(58-40-57-51)32-30-42-23-27-44(28-24-42)34-46-37-55(49-17-9-3-10-18-49)60-56(38-46)50-19-11-4-12-20-50/h1-28,33-40H. The van der Waals surface area contributed by atoms with Crippen molar-refractivity contribution < 1.29 is 9.47 Å². The number of benzene rings is 6. The van der Waals surface area contributed by atoms with Crippen LogP contribution in [0.25, 0.3) is 35.2 Å². The third-order valence-electron chi connectivity index (χ3n) is 9.69. The Labute approximate surface area is 350 Å². The van der Waals surface area contributed by atoms with E-state index in [-0.39, 0.29) is 0 Å². The second kappa shape index (κ2) is 17.8. The van der Waals surface area contributed by atoms with Crippen LogP contribution in [0.5, 0.6) is 0 Å². The Morgan fingerprint density at radius 2 is 0.667 bits per heavy atom. The quantitative estimate of drug-likeness (QED) is 0.158. The van der Waals surface area contributed by atoms with E-state index < -0.39 is 0 Å². The van der Waals surface area contributed by atoms with Crippen LogP contribution < -0.4 is 0 Å². The van der Waals surface area contributed by atoms with Gasteiger partial charge in [-0.25, -0.2) is 9.97 Å². The van der Waals surface area contributed by atoms with Gasteiger partial charge in [-0.15, -0.1) is 0 Å². The Bertz CT molecular complexity index is 2650. The molecule has 7 aromatic rings. The van der Waals surface area contributed by atoms with E-state index in [9.17, 15) is 0 Å². The van der Waals surface area contributed by atoms with E-state index in [0.717, 1.165) is 78.7 Å². The van der Waals surface area contributed by atoms with Gasteiger partial charge in [0.25, 0.3) is 0 Å². The predicted molar refractivity (Wildman–Crippen MR) is 243 cm³/mol. The molecule has 0 saturated carbocycles. The van der Waals surface area contributed by atoms with Crippen LogP contribution in [-0.4, -0.2) is 9.97 Å². The zero-order chi connectivity index (χ0) is 40.4. The van der Waals surface area contributed by atoms with E-state index in [1.165, 1.54) is 6.33 Å². The number of hydrogen-bond donors (Lipinski definition) is 0. The summed E-state index contributed by atoms with van der Waals surface area (Å²) in [6, 6.07) is 58.8. The minimum atomic E-state index is 0.601. The first kappa shape index (κ1) is 37.2. The average molecular weight is 769 g/mol. The summed E-state index contributed by atoms with van der Waals surface area (Å²) in [5.74, 6) is 16.1. The van der Waals surface area contributed by atoms with Gasteiger partial charge in [-0.1, -0.05) is 157 Å². The maximum atomic E-state index is 6.36. The lowest BCUT2D eigenvalue weighted by atomic mass is 10.0. The maximum Gasteiger partial charge on any atom is 0.135 e. The van der Waals surface area contributed by atoms with Gasteiger partial charge in [0, 0.05) is 39.4 Å². The van der Waals surface area contributed by atoms with Crippen LogP contribution in [0.3, 0.4) is 0 Å². The largest absolute Gasteiger partial charge is 0.456 e. The summed E-state index contributed by atoms with van der Waals surface area (Å²) >= 11 is 0. The smallest absolute Gasteiger partial charge is 0.135 e. The molecule has 4 nitrogen and oxygen atoms in total. The molecule has 0 saturated heterocycles. The summed E-state index contributed by atoms with van der Waals surface area (Å²) in [5.41, 5.74) is 11.3.